The first kappa shape index (κ1) is 14.9. The van der Waals surface area contributed by atoms with Gasteiger partial charge in [0.2, 0.25) is 0 Å². The smallest absolute Gasteiger partial charge is 0.244 e. The Morgan fingerprint density at radius 3 is 2.64 bits per heavy atom. The Balaban J connectivity index is 1.63. The number of halogens is 1. The van der Waals surface area contributed by atoms with E-state index >= 15 is 0 Å². The van der Waals surface area contributed by atoms with Crippen LogP contribution in [0.5, 0.6) is 0 Å². The summed E-state index contributed by atoms with van der Waals surface area (Å²) in [5, 5.41) is 18.0. The van der Waals surface area contributed by atoms with Gasteiger partial charge in [-0.1, -0.05) is 53.6 Å². The summed E-state index contributed by atoms with van der Waals surface area (Å²) < 4.78 is 14.5. The summed E-state index contributed by atoms with van der Waals surface area (Å²) in [6.45, 7) is 0. The standard InChI is InChI=1S/C18H13FN6/c19-15-10-8-13(9-11-15)12-20-21-18-22-23-24-25(18)17-7-3-5-14-4-1-2-6-16(14)17/h1-12H,(H,21,22,24). The number of nitrogens with one attached hydrogen (secondary N) is 1. The largest absolute Gasteiger partial charge is 0.268 e. The number of fused-ring (bicyclic) bond motifs is 1. The molecule has 0 unspecified atom stereocenters. The molecule has 1 aromatic heterocycles. The number of hydrogen-bond donors (Lipinski definition) is 1. The van der Waals surface area contributed by atoms with Crippen LogP contribution in [0.15, 0.2) is 71.8 Å². The molecular formula is C18H13FN6. The Labute approximate surface area is 142 Å². The number of nitrogens with zero attached hydrogens (tertiary/aromatic N) is 5. The van der Waals surface area contributed by atoms with E-state index in [0.29, 0.717) is 5.95 Å². The lowest BCUT2D eigenvalue weighted by Gasteiger charge is -2.07. The molecule has 0 bridgehead atoms. The van der Waals surface area contributed by atoms with E-state index in [9.17, 15) is 4.39 Å². The number of rotatable bonds is 4. The molecule has 122 valence electrons. The molecule has 0 saturated carbocycles. The molecule has 0 fully saturated rings. The summed E-state index contributed by atoms with van der Waals surface area (Å²) in [7, 11) is 0. The molecule has 0 aliphatic carbocycles. The van der Waals surface area contributed by atoms with E-state index in [4.69, 9.17) is 0 Å². The second-order valence-corrected chi connectivity index (χ2v) is 5.33. The highest BCUT2D eigenvalue weighted by Crippen LogP contribution is 2.23. The second kappa shape index (κ2) is 6.48. The highest BCUT2D eigenvalue weighted by molar-refractivity contribution is 5.90. The van der Waals surface area contributed by atoms with Gasteiger partial charge in [-0.05, 0) is 39.6 Å². The summed E-state index contributed by atoms with van der Waals surface area (Å²) >= 11 is 0. The third-order valence-electron chi connectivity index (χ3n) is 3.71. The Morgan fingerprint density at radius 2 is 1.76 bits per heavy atom. The highest BCUT2D eigenvalue weighted by atomic mass is 19.1. The lowest BCUT2D eigenvalue weighted by atomic mass is 10.1. The first-order chi connectivity index (χ1) is 12.3. The molecule has 0 amide bonds. The molecule has 1 N–H and O–H groups in total. The van der Waals surface area contributed by atoms with Crippen LogP contribution < -0.4 is 5.43 Å². The van der Waals surface area contributed by atoms with E-state index in [1.165, 1.54) is 12.1 Å². The summed E-state index contributed by atoms with van der Waals surface area (Å²) in [6, 6.07) is 19.9. The molecule has 0 aliphatic rings. The van der Waals surface area contributed by atoms with Crippen molar-refractivity contribution in [2.24, 2.45) is 5.10 Å². The van der Waals surface area contributed by atoms with Crippen molar-refractivity contribution in [3.8, 4) is 5.69 Å². The van der Waals surface area contributed by atoms with Gasteiger partial charge in [-0.25, -0.2) is 9.82 Å². The maximum Gasteiger partial charge on any atom is 0.268 e. The van der Waals surface area contributed by atoms with Crippen LogP contribution in [0, 0.1) is 5.82 Å². The van der Waals surface area contributed by atoms with Crippen LogP contribution in [-0.4, -0.2) is 26.4 Å². The summed E-state index contributed by atoms with van der Waals surface area (Å²) in [5.74, 6) is 0.0970. The third-order valence-corrected chi connectivity index (χ3v) is 3.71. The fourth-order valence-electron chi connectivity index (χ4n) is 2.53. The van der Waals surface area contributed by atoms with E-state index in [1.54, 1.807) is 23.0 Å². The number of anilines is 1. The Morgan fingerprint density at radius 1 is 0.960 bits per heavy atom. The van der Waals surface area contributed by atoms with Crippen LogP contribution >= 0.6 is 0 Å². The molecule has 4 rings (SSSR count). The van der Waals surface area contributed by atoms with Gasteiger partial charge >= 0.3 is 0 Å². The predicted octanol–water partition coefficient (Wildman–Crippen LogP) is 3.40. The van der Waals surface area contributed by atoms with Crippen LogP contribution in [0.2, 0.25) is 0 Å². The molecule has 3 aromatic carbocycles. The van der Waals surface area contributed by atoms with E-state index in [-0.39, 0.29) is 5.82 Å². The summed E-state index contributed by atoms with van der Waals surface area (Å²) in [4.78, 5) is 0. The number of hydrazone groups is 1. The molecule has 4 aromatic rings. The molecular weight excluding hydrogens is 319 g/mol. The first-order valence-corrected chi connectivity index (χ1v) is 7.62. The van der Waals surface area contributed by atoms with Crippen LogP contribution in [0.25, 0.3) is 16.5 Å². The Hall–Kier alpha value is -3.61. The minimum atomic E-state index is -0.287. The van der Waals surface area contributed by atoms with E-state index in [0.717, 1.165) is 22.0 Å². The van der Waals surface area contributed by atoms with E-state index in [2.05, 4.69) is 26.1 Å². The lowest BCUT2D eigenvalue weighted by Crippen LogP contribution is -2.04. The van der Waals surface area contributed by atoms with Gasteiger partial charge < -0.3 is 0 Å². The van der Waals surface area contributed by atoms with E-state index in [1.807, 2.05) is 42.5 Å². The SMILES string of the molecule is Fc1ccc(C=NNc2nnnn2-c2cccc3ccccc23)cc1. The predicted molar refractivity (Wildman–Crippen MR) is 94.3 cm³/mol. The van der Waals surface area contributed by atoms with Crippen molar-refractivity contribution in [1.29, 1.82) is 0 Å². The van der Waals surface area contributed by atoms with Crippen molar-refractivity contribution >= 4 is 22.9 Å². The van der Waals surface area contributed by atoms with Crippen molar-refractivity contribution in [1.82, 2.24) is 20.2 Å². The van der Waals surface area contributed by atoms with Crippen molar-refractivity contribution in [3.63, 3.8) is 0 Å². The molecule has 25 heavy (non-hydrogen) atoms. The van der Waals surface area contributed by atoms with Crippen LogP contribution in [-0.2, 0) is 0 Å². The summed E-state index contributed by atoms with van der Waals surface area (Å²) in [6.07, 6.45) is 1.57. The number of tetrazole rings is 1. The average Bonchev–Trinajstić information content (AvgIpc) is 3.11. The van der Waals surface area contributed by atoms with E-state index < -0.39 is 0 Å². The van der Waals surface area contributed by atoms with Gasteiger partial charge in [-0.3, -0.25) is 0 Å². The second-order valence-electron chi connectivity index (χ2n) is 5.33. The molecule has 7 heteroatoms. The fourth-order valence-corrected chi connectivity index (χ4v) is 2.53. The fraction of sp³-hybridized carbons (Fsp3) is 0. The maximum absolute atomic E-state index is 12.9. The highest BCUT2D eigenvalue weighted by Gasteiger charge is 2.10. The van der Waals surface area contributed by atoms with Crippen molar-refractivity contribution in [3.05, 3.63) is 78.1 Å². The Kier molecular flexibility index (Phi) is 3.88. The summed E-state index contributed by atoms with van der Waals surface area (Å²) in [5.41, 5.74) is 4.43. The monoisotopic (exact) mass is 332 g/mol. The quantitative estimate of drug-likeness (QED) is 0.459. The van der Waals surface area contributed by atoms with Gasteiger partial charge in [0.25, 0.3) is 5.95 Å². The maximum atomic E-state index is 12.9. The number of benzene rings is 3. The molecule has 6 nitrogen and oxygen atoms in total. The molecule has 0 spiro atoms. The zero-order valence-corrected chi connectivity index (χ0v) is 13.0. The minimum absolute atomic E-state index is 0.287. The van der Waals surface area contributed by atoms with Gasteiger partial charge in [0.1, 0.15) is 5.82 Å². The van der Waals surface area contributed by atoms with Crippen molar-refractivity contribution in [2.75, 3.05) is 5.43 Å². The molecule has 0 radical (unpaired) electrons. The molecule has 0 saturated heterocycles. The minimum Gasteiger partial charge on any atom is -0.244 e. The van der Waals surface area contributed by atoms with Crippen LogP contribution in [0.1, 0.15) is 5.56 Å². The average molecular weight is 332 g/mol. The topological polar surface area (TPSA) is 68.0 Å². The lowest BCUT2D eigenvalue weighted by molar-refractivity contribution is 0.628. The zero-order chi connectivity index (χ0) is 17.1. The van der Waals surface area contributed by atoms with Gasteiger partial charge in [0, 0.05) is 5.39 Å². The molecule has 1 heterocycles. The first-order valence-electron chi connectivity index (χ1n) is 7.62. The molecule has 0 aliphatic heterocycles. The van der Waals surface area contributed by atoms with Gasteiger partial charge in [0.15, 0.2) is 0 Å². The normalized spacial score (nSPS) is 11.2. The van der Waals surface area contributed by atoms with Crippen LogP contribution in [0.4, 0.5) is 10.3 Å². The Bertz CT molecular complexity index is 1030. The number of hydrogen-bond acceptors (Lipinski definition) is 5. The molecule has 0 atom stereocenters. The third kappa shape index (κ3) is 3.07. The zero-order valence-electron chi connectivity index (χ0n) is 13.0. The van der Waals surface area contributed by atoms with Crippen LogP contribution in [0.3, 0.4) is 0 Å². The number of aromatic nitrogens is 4. The van der Waals surface area contributed by atoms with Gasteiger partial charge in [0.05, 0.1) is 11.9 Å². The van der Waals surface area contributed by atoms with Gasteiger partial charge in [-0.2, -0.15) is 9.78 Å². The van der Waals surface area contributed by atoms with Gasteiger partial charge in [-0.15, -0.1) is 0 Å². The van der Waals surface area contributed by atoms with Crippen molar-refractivity contribution in [2.45, 2.75) is 0 Å². The van der Waals surface area contributed by atoms with Crippen molar-refractivity contribution < 1.29 is 4.39 Å².